The van der Waals surface area contributed by atoms with Crippen molar-refractivity contribution in [2.24, 2.45) is 0 Å². The van der Waals surface area contributed by atoms with Gasteiger partial charge in [0.05, 0.1) is 36.6 Å². The van der Waals surface area contributed by atoms with Crippen molar-refractivity contribution in [2.75, 3.05) is 14.2 Å². The molecule has 0 saturated carbocycles. The number of methoxy groups -OCH3 is 2. The molecule has 9 nitrogen and oxygen atoms in total. The van der Waals surface area contributed by atoms with Gasteiger partial charge in [0.15, 0.2) is 0 Å². The van der Waals surface area contributed by atoms with Gasteiger partial charge in [-0.1, -0.05) is 24.3 Å². The molecule has 0 aliphatic rings. The third-order valence-electron chi connectivity index (χ3n) is 4.89. The lowest BCUT2D eigenvalue weighted by Crippen LogP contribution is -2.11. The van der Waals surface area contributed by atoms with Gasteiger partial charge in [-0.3, -0.25) is 14.8 Å². The Kier molecular flexibility index (Phi) is 5.71. The van der Waals surface area contributed by atoms with E-state index in [0.29, 0.717) is 28.0 Å². The van der Waals surface area contributed by atoms with Crippen LogP contribution in [-0.4, -0.2) is 34.9 Å². The molecule has 0 aliphatic carbocycles. The summed E-state index contributed by atoms with van der Waals surface area (Å²) >= 11 is 0. The number of ether oxygens (including phenoxy) is 3. The zero-order valence-electron chi connectivity index (χ0n) is 17.3. The van der Waals surface area contributed by atoms with Gasteiger partial charge in [0.2, 0.25) is 5.88 Å². The molecule has 4 rings (SSSR count). The lowest BCUT2D eigenvalue weighted by Gasteiger charge is -2.07. The average molecular weight is 433 g/mol. The Bertz CT molecular complexity index is 1310. The predicted molar refractivity (Wildman–Crippen MR) is 116 cm³/mol. The number of nitro groups is 1. The van der Waals surface area contributed by atoms with Crippen molar-refractivity contribution in [2.45, 2.75) is 6.54 Å². The van der Waals surface area contributed by atoms with Crippen molar-refractivity contribution < 1.29 is 23.9 Å². The predicted octanol–water partition coefficient (Wildman–Crippen LogP) is 4.23. The van der Waals surface area contributed by atoms with Crippen molar-refractivity contribution in [1.29, 1.82) is 0 Å². The monoisotopic (exact) mass is 433 g/mol. The first-order chi connectivity index (χ1) is 15.5. The number of non-ortho nitro benzene ring substituents is 1. The molecule has 0 spiro atoms. The van der Waals surface area contributed by atoms with Gasteiger partial charge in [0, 0.05) is 12.1 Å². The van der Waals surface area contributed by atoms with E-state index in [1.807, 2.05) is 0 Å². The summed E-state index contributed by atoms with van der Waals surface area (Å²) in [5.41, 5.74) is 1.62. The van der Waals surface area contributed by atoms with E-state index >= 15 is 0 Å². The fourth-order valence-corrected chi connectivity index (χ4v) is 3.35. The summed E-state index contributed by atoms with van der Waals surface area (Å²) in [4.78, 5) is 23.5. The van der Waals surface area contributed by atoms with Crippen LogP contribution >= 0.6 is 0 Å². The van der Waals surface area contributed by atoms with Crippen LogP contribution in [0.4, 0.5) is 5.69 Å². The van der Waals surface area contributed by atoms with Crippen LogP contribution < -0.4 is 14.2 Å². The average Bonchev–Trinajstić information content (AvgIpc) is 3.15. The zero-order valence-corrected chi connectivity index (χ0v) is 17.3. The summed E-state index contributed by atoms with van der Waals surface area (Å²) < 4.78 is 17.8. The first-order valence-corrected chi connectivity index (χ1v) is 9.63. The molecular weight excluding hydrogens is 414 g/mol. The van der Waals surface area contributed by atoms with E-state index in [1.54, 1.807) is 59.3 Å². The van der Waals surface area contributed by atoms with Gasteiger partial charge in [-0.15, -0.1) is 5.10 Å². The maximum atomic E-state index is 12.8. The number of hydrogen-bond donors (Lipinski definition) is 0. The summed E-state index contributed by atoms with van der Waals surface area (Å²) in [7, 11) is 3.01. The van der Waals surface area contributed by atoms with Gasteiger partial charge in [-0.25, -0.2) is 4.79 Å². The quantitative estimate of drug-likeness (QED) is 0.244. The minimum absolute atomic E-state index is 0.0107. The summed E-state index contributed by atoms with van der Waals surface area (Å²) in [5.74, 6) is 0.435. The fourth-order valence-electron chi connectivity index (χ4n) is 3.35. The largest absolute Gasteiger partial charge is 0.497 e. The van der Waals surface area contributed by atoms with Crippen LogP contribution in [0.1, 0.15) is 15.9 Å². The fraction of sp³-hybridized carbons (Fsp3) is 0.130. The van der Waals surface area contributed by atoms with E-state index < -0.39 is 10.9 Å². The van der Waals surface area contributed by atoms with Crippen LogP contribution in [0.25, 0.3) is 10.9 Å². The van der Waals surface area contributed by atoms with E-state index in [1.165, 1.54) is 26.4 Å². The molecule has 9 heteroatoms. The maximum absolute atomic E-state index is 12.8. The molecule has 0 aliphatic heterocycles. The first kappa shape index (κ1) is 20.9. The highest BCUT2D eigenvalue weighted by atomic mass is 16.6. The number of aromatic nitrogens is 2. The third kappa shape index (κ3) is 4.08. The highest BCUT2D eigenvalue weighted by Crippen LogP contribution is 2.31. The molecule has 3 aromatic carbocycles. The van der Waals surface area contributed by atoms with Crippen LogP contribution in [0.5, 0.6) is 17.4 Å². The molecule has 0 unspecified atom stereocenters. The summed E-state index contributed by atoms with van der Waals surface area (Å²) in [6.45, 7) is 0.247. The minimum atomic E-state index is -0.618. The minimum Gasteiger partial charge on any atom is -0.497 e. The van der Waals surface area contributed by atoms with Crippen LogP contribution in [0, 0.1) is 10.1 Å². The molecule has 162 valence electrons. The highest BCUT2D eigenvalue weighted by Gasteiger charge is 2.20. The Labute approximate surface area is 182 Å². The highest BCUT2D eigenvalue weighted by molar-refractivity contribution is 5.96. The number of rotatable bonds is 7. The Balaban J connectivity index is 1.73. The number of hydrogen-bond acceptors (Lipinski definition) is 7. The maximum Gasteiger partial charge on any atom is 0.348 e. The second-order valence-corrected chi connectivity index (χ2v) is 6.86. The first-order valence-electron chi connectivity index (χ1n) is 9.63. The van der Waals surface area contributed by atoms with Gasteiger partial charge >= 0.3 is 5.97 Å². The number of para-hydroxylation sites is 1. The van der Waals surface area contributed by atoms with Crippen molar-refractivity contribution in [3.63, 3.8) is 0 Å². The van der Waals surface area contributed by atoms with Crippen LogP contribution in [0.2, 0.25) is 0 Å². The molecule has 32 heavy (non-hydrogen) atoms. The van der Waals surface area contributed by atoms with Crippen molar-refractivity contribution in [1.82, 2.24) is 9.78 Å². The number of carbonyl (C=O) groups is 1. The van der Waals surface area contributed by atoms with E-state index in [9.17, 15) is 14.9 Å². The molecule has 1 aromatic heterocycles. The van der Waals surface area contributed by atoms with Crippen molar-refractivity contribution >= 4 is 22.6 Å². The summed E-state index contributed by atoms with van der Waals surface area (Å²) in [6.07, 6.45) is 0. The molecule has 0 fully saturated rings. The molecule has 0 amide bonds. The Hall–Kier alpha value is -4.40. The number of carbonyl (C=O) groups excluding carboxylic acids is 1. The molecule has 0 N–H and O–H groups in total. The van der Waals surface area contributed by atoms with Gasteiger partial charge in [-0.2, -0.15) is 0 Å². The van der Waals surface area contributed by atoms with Gasteiger partial charge in [-0.05, 0) is 35.9 Å². The Morgan fingerprint density at radius 3 is 2.59 bits per heavy atom. The van der Waals surface area contributed by atoms with Gasteiger partial charge < -0.3 is 14.2 Å². The van der Waals surface area contributed by atoms with E-state index in [0.717, 1.165) is 0 Å². The van der Waals surface area contributed by atoms with Crippen LogP contribution in [0.15, 0.2) is 66.7 Å². The lowest BCUT2D eigenvalue weighted by atomic mass is 10.2. The standard InChI is InChI=1S/C23H19N3O6/c1-30-17-10-11-20-19(13-17)22(32-23(27)18-8-3-4-9-21(18)31-2)24-25(20)14-15-6-5-7-16(12-15)26(28)29/h3-13H,14H2,1-2H3. The van der Waals surface area contributed by atoms with E-state index in [4.69, 9.17) is 14.2 Å². The SMILES string of the molecule is COc1ccc2c(c1)c(OC(=O)c1ccccc1OC)nn2Cc1cccc([N+](=O)[O-])c1. The van der Waals surface area contributed by atoms with E-state index in [-0.39, 0.29) is 23.7 Å². The van der Waals surface area contributed by atoms with Gasteiger partial charge in [0.25, 0.3) is 5.69 Å². The normalized spacial score (nSPS) is 10.7. The zero-order chi connectivity index (χ0) is 22.7. The second kappa shape index (κ2) is 8.76. The molecule has 4 aromatic rings. The number of benzene rings is 3. The third-order valence-corrected chi connectivity index (χ3v) is 4.89. The van der Waals surface area contributed by atoms with Crippen LogP contribution in [-0.2, 0) is 6.54 Å². The Morgan fingerprint density at radius 2 is 1.84 bits per heavy atom. The van der Waals surface area contributed by atoms with Gasteiger partial charge in [0.1, 0.15) is 17.1 Å². The van der Waals surface area contributed by atoms with Crippen LogP contribution in [0.3, 0.4) is 0 Å². The van der Waals surface area contributed by atoms with E-state index in [2.05, 4.69) is 5.10 Å². The number of esters is 1. The topological polar surface area (TPSA) is 106 Å². The van der Waals surface area contributed by atoms with Crippen molar-refractivity contribution in [3.8, 4) is 17.4 Å². The lowest BCUT2D eigenvalue weighted by molar-refractivity contribution is -0.384. The molecule has 0 atom stereocenters. The summed E-state index contributed by atoms with van der Waals surface area (Å²) in [6, 6.07) is 18.3. The molecule has 0 bridgehead atoms. The number of nitrogens with zero attached hydrogens (tertiary/aromatic N) is 3. The smallest absolute Gasteiger partial charge is 0.348 e. The molecule has 1 heterocycles. The number of fused-ring (bicyclic) bond motifs is 1. The second-order valence-electron chi connectivity index (χ2n) is 6.86. The molecule has 0 radical (unpaired) electrons. The Morgan fingerprint density at radius 1 is 1.03 bits per heavy atom. The summed E-state index contributed by atoms with van der Waals surface area (Å²) in [5, 5.41) is 16.1. The molecule has 0 saturated heterocycles. The number of nitro benzene ring substituents is 1. The molecular formula is C23H19N3O6. The van der Waals surface area contributed by atoms with Crippen molar-refractivity contribution in [3.05, 3.63) is 88.0 Å².